The smallest absolute Gasteiger partial charge is 0.213 e. The van der Waals surface area contributed by atoms with E-state index < -0.39 is 0 Å². The Balaban J connectivity index is 1.80. The van der Waals surface area contributed by atoms with Crippen LogP contribution in [0.4, 0.5) is 0 Å². The molecule has 0 amide bonds. The molecule has 1 aliphatic carbocycles. The summed E-state index contributed by atoms with van der Waals surface area (Å²) in [5.74, 6) is 1.69. The van der Waals surface area contributed by atoms with E-state index in [0.29, 0.717) is 12.2 Å². The first kappa shape index (κ1) is 14.4. The van der Waals surface area contributed by atoms with Crippen LogP contribution in [0.3, 0.4) is 0 Å². The van der Waals surface area contributed by atoms with Gasteiger partial charge < -0.3 is 4.74 Å². The second-order valence-electron chi connectivity index (χ2n) is 6.68. The topological polar surface area (TPSA) is 56.5 Å². The van der Waals surface area contributed by atoms with Crippen LogP contribution in [0.15, 0.2) is 24.3 Å². The SMILES string of the molecule is COc1ccc(-c2nc3sc4c(n3n2)CC(C)(C)CC4=O)cc1. The summed E-state index contributed by atoms with van der Waals surface area (Å²) in [6, 6.07) is 7.68. The number of fused-ring (bicyclic) bond motifs is 3. The maximum Gasteiger partial charge on any atom is 0.213 e. The van der Waals surface area contributed by atoms with E-state index in [9.17, 15) is 4.79 Å². The molecule has 0 aliphatic heterocycles. The van der Waals surface area contributed by atoms with Crippen molar-refractivity contribution in [3.63, 3.8) is 0 Å². The van der Waals surface area contributed by atoms with Gasteiger partial charge in [-0.25, -0.2) is 4.52 Å². The Morgan fingerprint density at radius 3 is 2.65 bits per heavy atom. The molecule has 1 aliphatic rings. The number of methoxy groups -OCH3 is 1. The molecule has 0 fully saturated rings. The monoisotopic (exact) mass is 327 g/mol. The van der Waals surface area contributed by atoms with Crippen molar-refractivity contribution in [3.05, 3.63) is 34.8 Å². The number of ketones is 1. The quantitative estimate of drug-likeness (QED) is 0.721. The van der Waals surface area contributed by atoms with E-state index in [2.05, 4.69) is 23.9 Å². The number of rotatable bonds is 2. The first-order valence-corrected chi connectivity index (χ1v) is 8.34. The largest absolute Gasteiger partial charge is 0.497 e. The fourth-order valence-corrected chi connectivity index (χ4v) is 4.07. The molecule has 6 heteroatoms. The first-order chi connectivity index (χ1) is 11.0. The average molecular weight is 327 g/mol. The molecule has 0 spiro atoms. The number of thiazole rings is 1. The molecule has 23 heavy (non-hydrogen) atoms. The number of ether oxygens (including phenoxy) is 1. The van der Waals surface area contributed by atoms with E-state index >= 15 is 0 Å². The third-order valence-electron chi connectivity index (χ3n) is 4.18. The predicted molar refractivity (Wildman–Crippen MR) is 89.3 cm³/mol. The number of carbonyl (C=O) groups excluding carboxylic acids is 1. The normalized spacial score (nSPS) is 16.6. The third kappa shape index (κ3) is 2.34. The summed E-state index contributed by atoms with van der Waals surface area (Å²) in [6.07, 6.45) is 1.44. The Morgan fingerprint density at radius 1 is 1.22 bits per heavy atom. The van der Waals surface area contributed by atoms with Crippen LogP contribution in [-0.2, 0) is 6.42 Å². The molecule has 2 aromatic heterocycles. The van der Waals surface area contributed by atoms with Gasteiger partial charge in [0.15, 0.2) is 11.6 Å². The molecule has 0 bridgehead atoms. The van der Waals surface area contributed by atoms with Gasteiger partial charge in [0.25, 0.3) is 0 Å². The highest BCUT2D eigenvalue weighted by Crippen LogP contribution is 2.38. The molecule has 0 radical (unpaired) electrons. The van der Waals surface area contributed by atoms with Crippen LogP contribution >= 0.6 is 11.3 Å². The lowest BCUT2D eigenvalue weighted by Gasteiger charge is -2.27. The van der Waals surface area contributed by atoms with Gasteiger partial charge in [0, 0.05) is 12.0 Å². The lowest BCUT2D eigenvalue weighted by Crippen LogP contribution is -2.27. The van der Waals surface area contributed by atoms with Crippen molar-refractivity contribution in [3.8, 4) is 17.1 Å². The summed E-state index contributed by atoms with van der Waals surface area (Å²) in [5.41, 5.74) is 1.92. The van der Waals surface area contributed by atoms with Crippen molar-refractivity contribution in [2.24, 2.45) is 5.41 Å². The van der Waals surface area contributed by atoms with Gasteiger partial charge in [0.05, 0.1) is 17.7 Å². The van der Waals surface area contributed by atoms with Gasteiger partial charge in [-0.1, -0.05) is 25.2 Å². The van der Waals surface area contributed by atoms with Gasteiger partial charge in [0.1, 0.15) is 5.75 Å². The lowest BCUT2D eigenvalue weighted by molar-refractivity contribution is 0.0915. The summed E-state index contributed by atoms with van der Waals surface area (Å²) in [5, 5.41) is 4.63. The Labute approximate surface area is 137 Å². The molecule has 5 nitrogen and oxygen atoms in total. The van der Waals surface area contributed by atoms with Crippen molar-refractivity contribution in [1.29, 1.82) is 0 Å². The summed E-state index contributed by atoms with van der Waals surface area (Å²) in [6.45, 7) is 4.25. The number of hydrogen-bond acceptors (Lipinski definition) is 5. The fourth-order valence-electron chi connectivity index (χ4n) is 3.05. The summed E-state index contributed by atoms with van der Waals surface area (Å²) in [4.78, 5) is 18.5. The third-order valence-corrected chi connectivity index (χ3v) is 5.29. The number of Topliss-reactive ketones (excluding diaryl/α,β-unsaturated/α-hetero) is 1. The van der Waals surface area contributed by atoms with E-state index in [1.54, 1.807) is 7.11 Å². The van der Waals surface area contributed by atoms with Gasteiger partial charge in [-0.2, -0.15) is 4.98 Å². The Kier molecular flexibility index (Phi) is 3.06. The molecular weight excluding hydrogens is 310 g/mol. The van der Waals surface area contributed by atoms with Crippen molar-refractivity contribution >= 4 is 22.1 Å². The maximum atomic E-state index is 12.3. The highest BCUT2D eigenvalue weighted by Gasteiger charge is 2.35. The van der Waals surface area contributed by atoms with Crippen molar-refractivity contribution < 1.29 is 9.53 Å². The standard InChI is InChI=1S/C17H17N3O2S/c1-17(2)8-12-14(13(21)9-17)23-16-18-15(19-20(12)16)10-4-6-11(22-3)7-5-10/h4-7H,8-9H2,1-3H3. The molecule has 118 valence electrons. The molecule has 0 atom stereocenters. The van der Waals surface area contributed by atoms with Crippen LogP contribution in [0, 0.1) is 5.41 Å². The summed E-state index contributed by atoms with van der Waals surface area (Å²) in [7, 11) is 1.64. The van der Waals surface area contributed by atoms with Gasteiger partial charge >= 0.3 is 0 Å². The first-order valence-electron chi connectivity index (χ1n) is 7.53. The highest BCUT2D eigenvalue weighted by molar-refractivity contribution is 7.19. The summed E-state index contributed by atoms with van der Waals surface area (Å²) < 4.78 is 7.02. The number of carbonyl (C=O) groups is 1. The van der Waals surface area contributed by atoms with E-state index in [0.717, 1.165) is 33.3 Å². The minimum absolute atomic E-state index is 0.0235. The Morgan fingerprint density at radius 2 is 1.96 bits per heavy atom. The molecule has 0 saturated carbocycles. The molecule has 0 N–H and O–H groups in total. The lowest BCUT2D eigenvalue weighted by atomic mass is 9.78. The second-order valence-corrected chi connectivity index (χ2v) is 7.65. The van der Waals surface area contributed by atoms with Crippen LogP contribution in [0.5, 0.6) is 5.75 Å². The number of aromatic nitrogens is 3. The van der Waals surface area contributed by atoms with Gasteiger partial charge in [0.2, 0.25) is 4.96 Å². The molecule has 0 saturated heterocycles. The van der Waals surface area contributed by atoms with Crippen molar-refractivity contribution in [2.45, 2.75) is 26.7 Å². The van der Waals surface area contributed by atoms with E-state index in [1.807, 2.05) is 28.8 Å². The Bertz CT molecular complexity index is 906. The molecular formula is C17H17N3O2S. The zero-order valence-corrected chi connectivity index (χ0v) is 14.1. The fraction of sp³-hybridized carbons (Fsp3) is 0.353. The zero-order chi connectivity index (χ0) is 16.2. The molecule has 1 aromatic carbocycles. The van der Waals surface area contributed by atoms with E-state index in [4.69, 9.17) is 4.74 Å². The zero-order valence-electron chi connectivity index (χ0n) is 13.3. The van der Waals surface area contributed by atoms with Crippen LogP contribution < -0.4 is 4.74 Å². The van der Waals surface area contributed by atoms with Crippen LogP contribution in [0.25, 0.3) is 16.3 Å². The highest BCUT2D eigenvalue weighted by atomic mass is 32.1. The molecule has 0 unspecified atom stereocenters. The second kappa shape index (κ2) is 4.89. The predicted octanol–water partition coefficient (Wildman–Crippen LogP) is 3.62. The Hall–Kier alpha value is -2.21. The van der Waals surface area contributed by atoms with Crippen LogP contribution in [0.1, 0.15) is 35.6 Å². The number of hydrogen-bond donors (Lipinski definition) is 0. The van der Waals surface area contributed by atoms with Gasteiger partial charge in [-0.15, -0.1) is 5.10 Å². The minimum Gasteiger partial charge on any atom is -0.497 e. The summed E-state index contributed by atoms with van der Waals surface area (Å²) >= 11 is 1.45. The molecule has 3 aromatic rings. The van der Waals surface area contributed by atoms with Crippen LogP contribution in [-0.4, -0.2) is 27.5 Å². The van der Waals surface area contributed by atoms with E-state index in [1.165, 1.54) is 11.3 Å². The molecule has 4 rings (SSSR count). The minimum atomic E-state index is -0.0235. The average Bonchev–Trinajstić information content (AvgIpc) is 3.06. The van der Waals surface area contributed by atoms with Crippen molar-refractivity contribution in [1.82, 2.24) is 14.6 Å². The molecule has 2 heterocycles. The van der Waals surface area contributed by atoms with Gasteiger partial charge in [-0.05, 0) is 36.1 Å². The van der Waals surface area contributed by atoms with Crippen LogP contribution in [0.2, 0.25) is 0 Å². The number of benzene rings is 1. The van der Waals surface area contributed by atoms with E-state index in [-0.39, 0.29) is 11.2 Å². The van der Waals surface area contributed by atoms with Gasteiger partial charge in [-0.3, -0.25) is 4.79 Å². The van der Waals surface area contributed by atoms with Crippen molar-refractivity contribution in [2.75, 3.05) is 7.11 Å². The maximum absolute atomic E-state index is 12.3. The number of nitrogens with zero attached hydrogens (tertiary/aromatic N) is 3.